The number of nitrogens with one attached hydrogen (secondary N) is 1. The van der Waals surface area contributed by atoms with E-state index in [0.29, 0.717) is 18.2 Å². The maximum Gasteiger partial charge on any atom is 0.229 e. The van der Waals surface area contributed by atoms with E-state index in [1.165, 1.54) is 12.8 Å². The summed E-state index contributed by atoms with van der Waals surface area (Å²) in [6, 6.07) is 10.1. The maximum absolute atomic E-state index is 11.2. The number of hydrogen-bond acceptors (Lipinski definition) is 4. The zero-order valence-electron chi connectivity index (χ0n) is 13.1. The molecule has 0 aromatic heterocycles. The van der Waals surface area contributed by atoms with E-state index in [1.54, 1.807) is 12.1 Å². The van der Waals surface area contributed by atoms with Crippen LogP contribution in [0.4, 0.5) is 5.69 Å². The van der Waals surface area contributed by atoms with E-state index in [0.717, 1.165) is 30.8 Å². The molecule has 0 spiro atoms. The van der Waals surface area contributed by atoms with Crippen molar-refractivity contribution in [3.8, 4) is 6.07 Å². The highest BCUT2D eigenvalue weighted by Crippen LogP contribution is 2.35. The van der Waals surface area contributed by atoms with Gasteiger partial charge in [-0.25, -0.2) is 8.42 Å². The number of hydrogen-bond donors (Lipinski definition) is 1. The molecule has 1 aromatic rings. The molecule has 1 fully saturated rings. The average molecular weight is 321 g/mol. The number of nitriles is 1. The molecule has 0 amide bonds. The molecule has 1 saturated carbocycles. The van der Waals surface area contributed by atoms with Crippen molar-refractivity contribution in [2.75, 3.05) is 17.5 Å². The number of anilines is 1. The first-order chi connectivity index (χ1) is 10.4. The summed E-state index contributed by atoms with van der Waals surface area (Å²) < 4.78 is 24.9. The Morgan fingerprint density at radius 3 is 2.50 bits per heavy atom. The number of benzene rings is 1. The lowest BCUT2D eigenvalue weighted by molar-refractivity contribution is 0.185. The van der Waals surface area contributed by atoms with Gasteiger partial charge in [-0.1, -0.05) is 12.1 Å². The molecule has 1 N–H and O–H groups in total. The Morgan fingerprint density at radius 2 is 2.00 bits per heavy atom. The van der Waals surface area contributed by atoms with Gasteiger partial charge in [-0.15, -0.1) is 0 Å². The highest BCUT2D eigenvalue weighted by molar-refractivity contribution is 7.92. The van der Waals surface area contributed by atoms with E-state index in [-0.39, 0.29) is 0 Å². The first-order valence-corrected chi connectivity index (χ1v) is 9.46. The summed E-state index contributed by atoms with van der Waals surface area (Å²) >= 11 is 0. The van der Waals surface area contributed by atoms with Crippen LogP contribution in [0.1, 0.15) is 31.7 Å². The minimum absolute atomic E-state index is 0.488. The van der Waals surface area contributed by atoms with Crippen molar-refractivity contribution in [1.29, 1.82) is 5.26 Å². The van der Waals surface area contributed by atoms with Gasteiger partial charge in [0.25, 0.3) is 0 Å². The summed E-state index contributed by atoms with van der Waals surface area (Å²) in [4.78, 5) is 2.35. The van der Waals surface area contributed by atoms with Crippen molar-refractivity contribution in [1.82, 2.24) is 4.90 Å². The molecule has 1 aliphatic carbocycles. The molecule has 22 heavy (non-hydrogen) atoms. The van der Waals surface area contributed by atoms with E-state index >= 15 is 0 Å². The predicted molar refractivity (Wildman–Crippen MR) is 87.7 cm³/mol. The molecule has 6 heteroatoms. The van der Waals surface area contributed by atoms with Crippen molar-refractivity contribution < 1.29 is 8.42 Å². The van der Waals surface area contributed by atoms with E-state index < -0.39 is 10.0 Å². The average Bonchev–Trinajstić information content (AvgIpc) is 3.27. The first-order valence-electron chi connectivity index (χ1n) is 7.57. The topological polar surface area (TPSA) is 73.2 Å². The third-order valence-electron chi connectivity index (χ3n) is 4.03. The van der Waals surface area contributed by atoms with Gasteiger partial charge in [-0.05, 0) is 43.4 Å². The molecular formula is C16H23N3O2S. The summed E-state index contributed by atoms with van der Waals surface area (Å²) in [5.41, 5.74) is 1.70. The number of rotatable bonds is 8. The minimum Gasteiger partial charge on any atom is -0.295 e. The Balaban J connectivity index is 2.01. The lowest BCUT2D eigenvalue weighted by atomic mass is 10.1. The molecule has 2 rings (SSSR count). The second-order valence-corrected chi connectivity index (χ2v) is 7.78. The molecule has 1 aromatic carbocycles. The Hall–Kier alpha value is -1.58. The predicted octanol–water partition coefficient (Wildman–Crippen LogP) is 2.57. The van der Waals surface area contributed by atoms with Crippen molar-refractivity contribution in [2.45, 2.75) is 38.8 Å². The minimum atomic E-state index is -3.24. The molecule has 0 radical (unpaired) electrons. The fraction of sp³-hybridized carbons (Fsp3) is 0.562. The summed E-state index contributed by atoms with van der Waals surface area (Å²) in [5.74, 6) is 0.755. The first kappa shape index (κ1) is 16.8. The monoisotopic (exact) mass is 321 g/mol. The van der Waals surface area contributed by atoms with E-state index in [9.17, 15) is 8.42 Å². The van der Waals surface area contributed by atoms with E-state index in [4.69, 9.17) is 5.26 Å². The van der Waals surface area contributed by atoms with Gasteiger partial charge in [0.1, 0.15) is 0 Å². The quantitative estimate of drug-likeness (QED) is 0.798. The summed E-state index contributed by atoms with van der Waals surface area (Å²) in [6.45, 7) is 3.80. The molecule has 5 nitrogen and oxygen atoms in total. The lowest BCUT2D eigenvalue weighted by Gasteiger charge is -2.28. The van der Waals surface area contributed by atoms with Crippen LogP contribution in [0, 0.1) is 17.2 Å². The zero-order chi connectivity index (χ0) is 16.2. The van der Waals surface area contributed by atoms with E-state index in [1.807, 2.05) is 12.1 Å². The van der Waals surface area contributed by atoms with Crippen LogP contribution in [0.15, 0.2) is 24.3 Å². The van der Waals surface area contributed by atoms with Gasteiger partial charge in [-0.3, -0.25) is 9.62 Å². The van der Waals surface area contributed by atoms with Crippen molar-refractivity contribution in [3.05, 3.63) is 29.8 Å². The van der Waals surface area contributed by atoms with Gasteiger partial charge >= 0.3 is 0 Å². The fourth-order valence-corrected chi connectivity index (χ4v) is 3.19. The van der Waals surface area contributed by atoms with Gasteiger partial charge in [0.15, 0.2) is 0 Å². The smallest absolute Gasteiger partial charge is 0.229 e. The molecule has 0 aliphatic heterocycles. The van der Waals surface area contributed by atoms with Gasteiger partial charge in [0.2, 0.25) is 10.0 Å². The molecular weight excluding hydrogens is 298 g/mol. The molecule has 1 unspecified atom stereocenters. The molecule has 0 saturated heterocycles. The Bertz CT molecular complexity index is 630. The van der Waals surface area contributed by atoms with Gasteiger partial charge < -0.3 is 0 Å². The highest BCUT2D eigenvalue weighted by atomic mass is 32.2. The van der Waals surface area contributed by atoms with Gasteiger partial charge in [0.05, 0.1) is 12.3 Å². The molecule has 0 bridgehead atoms. The highest BCUT2D eigenvalue weighted by Gasteiger charge is 2.31. The number of sulfonamides is 1. The third-order valence-corrected chi connectivity index (χ3v) is 4.64. The van der Waals surface area contributed by atoms with Crippen LogP contribution in [0.5, 0.6) is 0 Å². The molecule has 120 valence electrons. The molecule has 0 heterocycles. The van der Waals surface area contributed by atoms with Crippen molar-refractivity contribution in [3.63, 3.8) is 0 Å². The lowest BCUT2D eigenvalue weighted by Crippen LogP contribution is -2.34. The Morgan fingerprint density at radius 1 is 1.36 bits per heavy atom. The maximum atomic E-state index is 11.2. The summed E-state index contributed by atoms with van der Waals surface area (Å²) in [5, 5.41) is 8.82. The van der Waals surface area contributed by atoms with Crippen LogP contribution >= 0.6 is 0 Å². The zero-order valence-corrected chi connectivity index (χ0v) is 13.9. The van der Waals surface area contributed by atoms with Gasteiger partial charge in [-0.2, -0.15) is 5.26 Å². The van der Waals surface area contributed by atoms with Crippen LogP contribution in [-0.4, -0.2) is 32.2 Å². The Kier molecular flexibility index (Phi) is 5.43. The second-order valence-electron chi connectivity index (χ2n) is 6.03. The van der Waals surface area contributed by atoms with E-state index in [2.05, 4.69) is 22.6 Å². The molecule has 1 atom stereocenters. The Labute approximate surface area is 133 Å². The van der Waals surface area contributed by atoms with Crippen LogP contribution in [0.25, 0.3) is 0 Å². The number of nitrogens with zero attached hydrogens (tertiary/aromatic N) is 2. The SMILES string of the molecule is CC(C1CC1)N(CCC#N)Cc1ccc(NS(C)(=O)=O)cc1. The van der Waals surface area contributed by atoms with Crippen LogP contribution in [-0.2, 0) is 16.6 Å². The summed E-state index contributed by atoms with van der Waals surface area (Å²) in [6.07, 6.45) is 4.23. The van der Waals surface area contributed by atoms with Crippen LogP contribution in [0.3, 0.4) is 0 Å². The van der Waals surface area contributed by atoms with Crippen LogP contribution in [0.2, 0.25) is 0 Å². The van der Waals surface area contributed by atoms with Crippen LogP contribution < -0.4 is 4.72 Å². The summed E-state index contributed by atoms with van der Waals surface area (Å²) in [7, 11) is -3.24. The fourth-order valence-electron chi connectivity index (χ4n) is 2.62. The molecule has 1 aliphatic rings. The van der Waals surface area contributed by atoms with Gasteiger partial charge in [0, 0.05) is 31.2 Å². The second kappa shape index (κ2) is 7.12. The largest absolute Gasteiger partial charge is 0.295 e. The van der Waals surface area contributed by atoms with Crippen molar-refractivity contribution in [2.24, 2.45) is 5.92 Å². The third kappa shape index (κ3) is 5.32. The normalized spacial score (nSPS) is 16.3. The van der Waals surface area contributed by atoms with Crippen molar-refractivity contribution >= 4 is 15.7 Å². The standard InChI is InChI=1S/C16H23N3O2S/c1-13(15-6-7-15)19(11-3-10-17)12-14-4-8-16(9-5-14)18-22(2,20)21/h4-5,8-9,13,15,18H,3,6-7,11-12H2,1-2H3.